The number of hydrogen-bond acceptors (Lipinski definition) is 6. The molecule has 27 heavy (non-hydrogen) atoms. The van der Waals surface area contributed by atoms with E-state index in [1.54, 1.807) is 0 Å². The van der Waals surface area contributed by atoms with Crippen LogP contribution in [0, 0.1) is 11.2 Å². The van der Waals surface area contributed by atoms with Crippen LogP contribution in [-0.2, 0) is 4.79 Å². The number of piperidine rings is 2. The van der Waals surface area contributed by atoms with E-state index in [1.165, 1.54) is 6.33 Å². The molecule has 2 saturated heterocycles. The molecule has 8 heteroatoms. The minimum atomic E-state index is -0.576. The predicted octanol–water partition coefficient (Wildman–Crippen LogP) is 1.79. The molecule has 2 fully saturated rings. The maximum atomic E-state index is 14.3. The van der Waals surface area contributed by atoms with Crippen LogP contribution in [0.15, 0.2) is 6.33 Å². The molecule has 7 nitrogen and oxygen atoms in total. The maximum Gasteiger partial charge on any atom is 0.240 e. The van der Waals surface area contributed by atoms with Crippen molar-refractivity contribution >= 4 is 17.5 Å². The van der Waals surface area contributed by atoms with Crippen LogP contribution in [-0.4, -0.2) is 59.0 Å². The molecule has 0 saturated carbocycles. The van der Waals surface area contributed by atoms with Gasteiger partial charge < -0.3 is 20.9 Å². The molecule has 0 radical (unpaired) electrons. The number of rotatable bonds is 4. The molecular formula is C19H31FN6O. The summed E-state index contributed by atoms with van der Waals surface area (Å²) < 4.78 is 14.3. The molecule has 2 aliphatic rings. The lowest BCUT2D eigenvalue weighted by Crippen LogP contribution is -2.58. The van der Waals surface area contributed by atoms with Gasteiger partial charge in [-0.2, -0.15) is 4.39 Å². The fourth-order valence-corrected chi connectivity index (χ4v) is 3.88. The first-order valence-corrected chi connectivity index (χ1v) is 9.81. The summed E-state index contributed by atoms with van der Waals surface area (Å²) in [6.07, 6.45) is 4.96. The van der Waals surface area contributed by atoms with Crippen LogP contribution in [0.25, 0.3) is 0 Å². The third-order valence-electron chi connectivity index (χ3n) is 5.29. The molecule has 1 unspecified atom stereocenters. The second-order valence-electron chi connectivity index (χ2n) is 8.81. The van der Waals surface area contributed by atoms with Crippen LogP contribution in [0.4, 0.5) is 16.0 Å². The number of carbonyl (C=O) groups excluding carboxylic acids is 1. The summed E-state index contributed by atoms with van der Waals surface area (Å²) in [6.45, 7) is 9.33. The number of aromatic nitrogens is 2. The van der Waals surface area contributed by atoms with E-state index in [0.29, 0.717) is 13.1 Å². The standard InChI is InChI=1S/C19H31FN6O/c1-19(2,3)11-22-14-7-5-9-26(18(14)27)13-6-4-8-25(10-13)17-15(20)16(21)23-12-24-17/h12-14,22H,4-11H2,1-3H3,(H2,21,23,24)/t13-,14?/m1/s1. The molecule has 0 bridgehead atoms. The Morgan fingerprint density at radius 2 is 2.00 bits per heavy atom. The smallest absolute Gasteiger partial charge is 0.240 e. The van der Waals surface area contributed by atoms with E-state index < -0.39 is 5.82 Å². The highest BCUT2D eigenvalue weighted by Gasteiger charge is 2.36. The van der Waals surface area contributed by atoms with Gasteiger partial charge in [-0.1, -0.05) is 20.8 Å². The molecule has 3 heterocycles. The van der Waals surface area contributed by atoms with Crippen molar-refractivity contribution in [2.45, 2.75) is 58.5 Å². The van der Waals surface area contributed by atoms with Crippen molar-refractivity contribution in [1.29, 1.82) is 0 Å². The van der Waals surface area contributed by atoms with E-state index in [1.807, 2.05) is 9.80 Å². The van der Waals surface area contributed by atoms with Crippen LogP contribution >= 0.6 is 0 Å². The predicted molar refractivity (Wildman–Crippen MR) is 104 cm³/mol. The van der Waals surface area contributed by atoms with E-state index in [9.17, 15) is 9.18 Å². The van der Waals surface area contributed by atoms with Crippen molar-refractivity contribution in [2.24, 2.45) is 5.41 Å². The molecule has 2 aliphatic heterocycles. The highest BCUT2D eigenvalue weighted by Crippen LogP contribution is 2.27. The van der Waals surface area contributed by atoms with E-state index in [-0.39, 0.29) is 35.0 Å². The Hall–Kier alpha value is -1.96. The van der Waals surface area contributed by atoms with Crippen molar-refractivity contribution in [2.75, 3.05) is 36.8 Å². The molecule has 1 aromatic rings. The Morgan fingerprint density at radius 1 is 1.26 bits per heavy atom. The first-order chi connectivity index (χ1) is 12.8. The summed E-state index contributed by atoms with van der Waals surface area (Å²) in [6, 6.07) is -0.0548. The quantitative estimate of drug-likeness (QED) is 0.831. The average Bonchev–Trinajstić information content (AvgIpc) is 2.62. The summed E-state index contributed by atoms with van der Waals surface area (Å²) in [5, 5.41) is 3.44. The van der Waals surface area contributed by atoms with Gasteiger partial charge >= 0.3 is 0 Å². The van der Waals surface area contributed by atoms with Crippen LogP contribution in [0.5, 0.6) is 0 Å². The van der Waals surface area contributed by atoms with E-state index in [2.05, 4.69) is 36.1 Å². The zero-order chi connectivity index (χ0) is 19.6. The third kappa shape index (κ3) is 4.66. The zero-order valence-corrected chi connectivity index (χ0v) is 16.5. The molecule has 3 rings (SSSR count). The van der Waals surface area contributed by atoms with Crippen molar-refractivity contribution in [1.82, 2.24) is 20.2 Å². The van der Waals surface area contributed by atoms with Crippen molar-refractivity contribution < 1.29 is 9.18 Å². The lowest BCUT2D eigenvalue weighted by atomic mass is 9.94. The number of carbonyl (C=O) groups is 1. The summed E-state index contributed by atoms with van der Waals surface area (Å²) in [4.78, 5) is 24.7. The topological polar surface area (TPSA) is 87.4 Å². The number of nitrogens with two attached hydrogens (primary N) is 1. The first kappa shape index (κ1) is 19.8. The van der Waals surface area contributed by atoms with Gasteiger partial charge in [0, 0.05) is 32.2 Å². The van der Waals surface area contributed by atoms with Gasteiger partial charge in [-0.15, -0.1) is 0 Å². The summed E-state index contributed by atoms with van der Waals surface area (Å²) in [7, 11) is 0. The van der Waals surface area contributed by atoms with Crippen LogP contribution in [0.2, 0.25) is 0 Å². The molecule has 3 N–H and O–H groups in total. The molecule has 0 aliphatic carbocycles. The van der Waals surface area contributed by atoms with Gasteiger partial charge in [0.1, 0.15) is 6.33 Å². The monoisotopic (exact) mass is 378 g/mol. The number of halogens is 1. The van der Waals surface area contributed by atoms with E-state index in [0.717, 1.165) is 38.8 Å². The number of nitrogens with zero attached hydrogens (tertiary/aromatic N) is 4. The maximum absolute atomic E-state index is 14.3. The van der Waals surface area contributed by atoms with Crippen molar-refractivity contribution in [3.05, 3.63) is 12.1 Å². The lowest BCUT2D eigenvalue weighted by Gasteiger charge is -2.43. The molecule has 1 aromatic heterocycles. The second kappa shape index (κ2) is 7.96. The van der Waals surface area contributed by atoms with Gasteiger partial charge in [0.05, 0.1) is 6.04 Å². The third-order valence-corrected chi connectivity index (χ3v) is 5.29. The van der Waals surface area contributed by atoms with Gasteiger partial charge in [-0.25, -0.2) is 9.97 Å². The van der Waals surface area contributed by atoms with Crippen molar-refractivity contribution in [3.63, 3.8) is 0 Å². The van der Waals surface area contributed by atoms with Gasteiger partial charge in [0.15, 0.2) is 11.6 Å². The zero-order valence-electron chi connectivity index (χ0n) is 16.5. The normalized spacial score (nSPS) is 24.4. The molecule has 0 spiro atoms. The highest BCUT2D eigenvalue weighted by atomic mass is 19.1. The Morgan fingerprint density at radius 3 is 2.74 bits per heavy atom. The Labute approximate surface area is 160 Å². The minimum Gasteiger partial charge on any atom is -0.381 e. The molecule has 0 aromatic carbocycles. The number of anilines is 2. The largest absolute Gasteiger partial charge is 0.381 e. The fourth-order valence-electron chi connectivity index (χ4n) is 3.88. The summed E-state index contributed by atoms with van der Waals surface area (Å²) in [5.41, 5.74) is 5.72. The number of nitrogens with one attached hydrogen (secondary N) is 1. The van der Waals surface area contributed by atoms with E-state index >= 15 is 0 Å². The molecule has 150 valence electrons. The highest BCUT2D eigenvalue weighted by molar-refractivity contribution is 5.83. The lowest BCUT2D eigenvalue weighted by molar-refractivity contribution is -0.138. The van der Waals surface area contributed by atoms with Gasteiger partial charge in [-0.3, -0.25) is 4.79 Å². The SMILES string of the molecule is CC(C)(C)CNC1CCCN([C@@H]2CCCN(c3ncnc(N)c3F)C2)C1=O. The number of nitrogen functional groups attached to an aromatic ring is 1. The number of likely N-dealkylation sites (tertiary alicyclic amines) is 1. The fraction of sp³-hybridized carbons (Fsp3) is 0.737. The summed E-state index contributed by atoms with van der Waals surface area (Å²) in [5.74, 6) is -0.311. The van der Waals surface area contributed by atoms with Crippen LogP contribution in [0.3, 0.4) is 0 Å². The van der Waals surface area contributed by atoms with Gasteiger partial charge in [-0.05, 0) is 31.1 Å². The molecular weight excluding hydrogens is 347 g/mol. The second-order valence-corrected chi connectivity index (χ2v) is 8.81. The van der Waals surface area contributed by atoms with Crippen LogP contribution in [0.1, 0.15) is 46.5 Å². The Balaban J connectivity index is 1.68. The van der Waals surface area contributed by atoms with Crippen molar-refractivity contribution in [3.8, 4) is 0 Å². The number of amides is 1. The minimum absolute atomic E-state index is 0.0704. The molecule has 2 atom stereocenters. The van der Waals surface area contributed by atoms with Gasteiger partial charge in [0.2, 0.25) is 11.7 Å². The molecule has 1 amide bonds. The Bertz CT molecular complexity index is 677. The number of hydrogen-bond donors (Lipinski definition) is 2. The van der Waals surface area contributed by atoms with Crippen LogP contribution < -0.4 is 16.0 Å². The van der Waals surface area contributed by atoms with E-state index in [4.69, 9.17) is 5.73 Å². The Kier molecular flexibility index (Phi) is 5.83. The first-order valence-electron chi connectivity index (χ1n) is 9.81. The van der Waals surface area contributed by atoms with Gasteiger partial charge in [0.25, 0.3) is 0 Å². The summed E-state index contributed by atoms with van der Waals surface area (Å²) >= 11 is 0. The average molecular weight is 378 g/mol.